The number of ether oxygens (including phenoxy) is 1. The Kier molecular flexibility index (Phi) is 9.74. The quantitative estimate of drug-likeness (QED) is 0.236. The normalized spacial score (nSPS) is 12.5. The van der Waals surface area contributed by atoms with Crippen molar-refractivity contribution in [1.29, 1.82) is 0 Å². The van der Waals surface area contributed by atoms with E-state index in [4.69, 9.17) is 4.74 Å². The summed E-state index contributed by atoms with van der Waals surface area (Å²) in [5.41, 5.74) is 3.06. The van der Waals surface area contributed by atoms with Crippen molar-refractivity contribution in [3.8, 4) is 5.75 Å². The molecular weight excluding hydrogens is 484 g/mol. The molecular formula is C34H38N2O3. The zero-order chi connectivity index (χ0) is 27.6. The third-order valence-electron chi connectivity index (χ3n) is 7.25. The van der Waals surface area contributed by atoms with E-state index >= 15 is 0 Å². The average Bonchev–Trinajstić information content (AvgIpc) is 2.98. The predicted molar refractivity (Wildman–Crippen MR) is 158 cm³/mol. The molecule has 4 rings (SSSR count). The number of benzene rings is 4. The van der Waals surface area contributed by atoms with Crippen LogP contribution in [0.4, 0.5) is 0 Å². The van der Waals surface area contributed by atoms with E-state index in [1.54, 1.807) is 12.0 Å². The highest BCUT2D eigenvalue weighted by Gasteiger charge is 2.31. The lowest BCUT2D eigenvalue weighted by atomic mass is 9.99. The Bertz CT molecular complexity index is 1380. The molecule has 0 aliphatic rings. The third kappa shape index (κ3) is 7.47. The van der Waals surface area contributed by atoms with Crippen molar-refractivity contribution >= 4 is 22.6 Å². The molecule has 0 fully saturated rings. The molecule has 5 heteroatoms. The first kappa shape index (κ1) is 27.9. The van der Waals surface area contributed by atoms with Crippen LogP contribution in [-0.2, 0) is 29.0 Å². The molecule has 0 bridgehead atoms. The van der Waals surface area contributed by atoms with Crippen LogP contribution < -0.4 is 10.1 Å². The first-order valence-electron chi connectivity index (χ1n) is 13.7. The maximum Gasteiger partial charge on any atom is 0.243 e. The van der Waals surface area contributed by atoms with Crippen LogP contribution in [0.3, 0.4) is 0 Å². The molecule has 0 aliphatic heterocycles. The molecule has 202 valence electrons. The fourth-order valence-electron chi connectivity index (χ4n) is 4.86. The van der Waals surface area contributed by atoms with Gasteiger partial charge in [0.2, 0.25) is 11.8 Å². The minimum Gasteiger partial charge on any atom is -0.497 e. The second-order valence-corrected chi connectivity index (χ2v) is 10.0. The van der Waals surface area contributed by atoms with E-state index in [0.29, 0.717) is 25.8 Å². The molecule has 4 aromatic rings. The van der Waals surface area contributed by atoms with E-state index in [-0.39, 0.29) is 17.9 Å². The molecule has 0 saturated carbocycles. The molecule has 0 saturated heterocycles. The fourth-order valence-corrected chi connectivity index (χ4v) is 4.86. The number of aryl methyl sites for hydroxylation is 1. The molecule has 0 aromatic heterocycles. The summed E-state index contributed by atoms with van der Waals surface area (Å²) in [7, 11) is 1.63. The minimum atomic E-state index is -0.646. The number of methoxy groups -OCH3 is 1. The van der Waals surface area contributed by atoms with Gasteiger partial charge in [0.15, 0.2) is 0 Å². The van der Waals surface area contributed by atoms with Crippen molar-refractivity contribution in [1.82, 2.24) is 10.2 Å². The summed E-state index contributed by atoms with van der Waals surface area (Å²) >= 11 is 0. The number of amides is 2. The van der Waals surface area contributed by atoms with Crippen LogP contribution in [-0.4, -0.2) is 35.9 Å². The molecule has 0 spiro atoms. The van der Waals surface area contributed by atoms with E-state index in [9.17, 15) is 9.59 Å². The number of carbonyl (C=O) groups excluding carboxylic acids is 2. The van der Waals surface area contributed by atoms with Crippen LogP contribution in [0.25, 0.3) is 10.8 Å². The van der Waals surface area contributed by atoms with Crippen LogP contribution in [0.1, 0.15) is 43.4 Å². The Morgan fingerprint density at radius 1 is 0.872 bits per heavy atom. The van der Waals surface area contributed by atoms with Gasteiger partial charge in [0, 0.05) is 25.4 Å². The van der Waals surface area contributed by atoms with Gasteiger partial charge in [0.05, 0.1) is 7.11 Å². The highest BCUT2D eigenvalue weighted by Crippen LogP contribution is 2.23. The van der Waals surface area contributed by atoms with Crippen LogP contribution in [0.2, 0.25) is 0 Å². The Morgan fingerprint density at radius 3 is 2.33 bits per heavy atom. The summed E-state index contributed by atoms with van der Waals surface area (Å²) in [6.45, 7) is 4.35. The standard InChI is InChI=1S/C34H38N2O3/c1-4-25(2)35-34(38)32(23-26-12-6-5-7-13-26)36(24-27-14-10-18-30(22-27)39-3)33(37)21-20-29-17-11-16-28-15-8-9-19-31(28)29/h5-19,22,25,32H,4,20-21,23-24H2,1-3H3,(H,35,38)/t25-,32-/m0/s1. The smallest absolute Gasteiger partial charge is 0.243 e. The summed E-state index contributed by atoms with van der Waals surface area (Å²) in [4.78, 5) is 29.5. The summed E-state index contributed by atoms with van der Waals surface area (Å²) in [6, 6.07) is 31.4. The molecule has 0 aliphatic carbocycles. The molecule has 39 heavy (non-hydrogen) atoms. The van der Waals surface area contributed by atoms with Crippen molar-refractivity contribution in [3.05, 3.63) is 114 Å². The number of nitrogens with one attached hydrogen (secondary N) is 1. The van der Waals surface area contributed by atoms with Gasteiger partial charge >= 0.3 is 0 Å². The van der Waals surface area contributed by atoms with Gasteiger partial charge in [-0.2, -0.15) is 0 Å². The maximum absolute atomic E-state index is 14.0. The van der Waals surface area contributed by atoms with Gasteiger partial charge in [0.25, 0.3) is 0 Å². The van der Waals surface area contributed by atoms with Crippen LogP contribution in [0.5, 0.6) is 5.75 Å². The van der Waals surface area contributed by atoms with Crippen LogP contribution in [0.15, 0.2) is 97.1 Å². The van der Waals surface area contributed by atoms with Gasteiger partial charge in [-0.1, -0.05) is 91.9 Å². The minimum absolute atomic E-state index is 0.0141. The molecule has 2 amide bonds. The third-order valence-corrected chi connectivity index (χ3v) is 7.25. The van der Waals surface area contributed by atoms with Crippen molar-refractivity contribution in [3.63, 3.8) is 0 Å². The predicted octanol–water partition coefficient (Wildman–Crippen LogP) is 6.34. The van der Waals surface area contributed by atoms with E-state index in [0.717, 1.165) is 39.6 Å². The summed E-state index contributed by atoms with van der Waals surface area (Å²) < 4.78 is 5.43. The van der Waals surface area contributed by atoms with Gasteiger partial charge in [-0.25, -0.2) is 0 Å². The molecule has 4 aromatic carbocycles. The lowest BCUT2D eigenvalue weighted by molar-refractivity contribution is -0.141. The number of hydrogen-bond acceptors (Lipinski definition) is 3. The first-order valence-corrected chi connectivity index (χ1v) is 13.7. The highest BCUT2D eigenvalue weighted by atomic mass is 16.5. The van der Waals surface area contributed by atoms with Crippen molar-refractivity contribution in [2.75, 3.05) is 7.11 Å². The second-order valence-electron chi connectivity index (χ2n) is 10.0. The SMILES string of the molecule is CC[C@H](C)NC(=O)[C@H](Cc1ccccc1)N(Cc1cccc(OC)c1)C(=O)CCc1cccc2ccccc12. The summed E-state index contributed by atoms with van der Waals surface area (Å²) in [6.07, 6.45) is 2.15. The number of nitrogens with zero attached hydrogens (tertiary/aromatic N) is 1. The zero-order valence-electron chi connectivity index (χ0n) is 23.1. The number of hydrogen-bond donors (Lipinski definition) is 1. The molecule has 0 heterocycles. The summed E-state index contributed by atoms with van der Waals surface area (Å²) in [5, 5.41) is 5.45. The number of fused-ring (bicyclic) bond motifs is 1. The second kappa shape index (κ2) is 13.6. The van der Waals surface area contributed by atoms with E-state index < -0.39 is 6.04 Å². The summed E-state index contributed by atoms with van der Waals surface area (Å²) in [5.74, 6) is 0.542. The van der Waals surface area contributed by atoms with Crippen molar-refractivity contribution < 1.29 is 14.3 Å². The average molecular weight is 523 g/mol. The van der Waals surface area contributed by atoms with Gasteiger partial charge < -0.3 is 15.0 Å². The van der Waals surface area contributed by atoms with Crippen molar-refractivity contribution in [2.24, 2.45) is 0 Å². The Balaban J connectivity index is 1.66. The topological polar surface area (TPSA) is 58.6 Å². The molecule has 5 nitrogen and oxygen atoms in total. The number of rotatable bonds is 12. The zero-order valence-corrected chi connectivity index (χ0v) is 23.1. The largest absolute Gasteiger partial charge is 0.497 e. The van der Waals surface area contributed by atoms with Gasteiger partial charge in [-0.15, -0.1) is 0 Å². The van der Waals surface area contributed by atoms with Gasteiger partial charge in [-0.05, 0) is 59.4 Å². The maximum atomic E-state index is 14.0. The van der Waals surface area contributed by atoms with Crippen LogP contribution >= 0.6 is 0 Å². The van der Waals surface area contributed by atoms with E-state index in [2.05, 4.69) is 29.6 Å². The van der Waals surface area contributed by atoms with E-state index in [1.807, 2.05) is 86.6 Å². The molecule has 2 atom stereocenters. The Hall–Kier alpha value is -4.12. The molecule has 0 unspecified atom stereocenters. The monoisotopic (exact) mass is 522 g/mol. The molecule has 0 radical (unpaired) electrons. The Labute approximate surface area is 231 Å². The van der Waals surface area contributed by atoms with Crippen molar-refractivity contribution in [2.45, 2.75) is 58.2 Å². The highest BCUT2D eigenvalue weighted by molar-refractivity contribution is 5.89. The lowest BCUT2D eigenvalue weighted by Gasteiger charge is -2.32. The first-order chi connectivity index (χ1) is 19.0. The van der Waals surface area contributed by atoms with E-state index in [1.165, 1.54) is 0 Å². The van der Waals surface area contributed by atoms with Gasteiger partial charge in [0.1, 0.15) is 11.8 Å². The Morgan fingerprint density at radius 2 is 1.56 bits per heavy atom. The van der Waals surface area contributed by atoms with Crippen LogP contribution in [0, 0.1) is 0 Å². The van der Waals surface area contributed by atoms with Gasteiger partial charge in [-0.3, -0.25) is 9.59 Å². The fraction of sp³-hybridized carbons (Fsp3) is 0.294. The molecule has 1 N–H and O–H groups in total. The lowest BCUT2D eigenvalue weighted by Crippen LogP contribution is -2.52. The number of carbonyl (C=O) groups is 2.